The van der Waals surface area contributed by atoms with Gasteiger partial charge < -0.3 is 10.1 Å². The van der Waals surface area contributed by atoms with E-state index in [-0.39, 0.29) is 18.0 Å². The van der Waals surface area contributed by atoms with Crippen LogP contribution in [0, 0.1) is 6.92 Å². The van der Waals surface area contributed by atoms with Gasteiger partial charge in [-0.15, -0.1) is 11.3 Å². The Morgan fingerprint density at radius 1 is 1.03 bits per heavy atom. The molecule has 2 aromatic heterocycles. The van der Waals surface area contributed by atoms with Gasteiger partial charge in [0.05, 0.1) is 28.4 Å². The number of hydrogen-bond donors (Lipinski definition) is 1. The number of fused-ring (bicyclic) bond motifs is 2. The minimum Gasteiger partial charge on any atom is -0.459 e. The zero-order valence-electron chi connectivity index (χ0n) is 20.5. The number of halogens is 1. The summed E-state index contributed by atoms with van der Waals surface area (Å²) in [5, 5.41) is 5.05. The number of ether oxygens (including phenoxy) is 1. The third-order valence-corrected chi connectivity index (χ3v) is 7.89. The van der Waals surface area contributed by atoms with E-state index < -0.39 is 0 Å². The molecular weight excluding hydrogens is 492 g/mol. The van der Waals surface area contributed by atoms with Crippen molar-refractivity contribution < 1.29 is 14.3 Å². The second-order valence-electron chi connectivity index (χ2n) is 9.31. The number of amides is 1. The molecule has 1 amide bonds. The van der Waals surface area contributed by atoms with Crippen LogP contribution in [0.2, 0.25) is 5.02 Å². The van der Waals surface area contributed by atoms with Gasteiger partial charge in [-0.3, -0.25) is 4.79 Å². The molecule has 0 aliphatic heterocycles. The van der Waals surface area contributed by atoms with Crippen LogP contribution in [0.25, 0.3) is 22.2 Å². The number of para-hydroxylation sites is 1. The number of benzene rings is 2. The fraction of sp³-hybridized carbons (Fsp3) is 0.276. The summed E-state index contributed by atoms with van der Waals surface area (Å²) < 4.78 is 5.56. The molecule has 1 aliphatic carbocycles. The van der Waals surface area contributed by atoms with Crippen LogP contribution in [0.15, 0.2) is 48.5 Å². The molecule has 4 aromatic rings. The Morgan fingerprint density at radius 3 is 2.50 bits per heavy atom. The maximum atomic E-state index is 13.9. The third-order valence-electron chi connectivity index (χ3n) is 6.43. The molecule has 0 radical (unpaired) electrons. The predicted molar refractivity (Wildman–Crippen MR) is 146 cm³/mol. The van der Waals surface area contributed by atoms with Crippen molar-refractivity contribution in [2.45, 2.75) is 52.6 Å². The predicted octanol–water partition coefficient (Wildman–Crippen LogP) is 7.62. The lowest BCUT2D eigenvalue weighted by atomic mass is 9.95. The van der Waals surface area contributed by atoms with Crippen LogP contribution in [-0.4, -0.2) is 23.0 Å². The number of nitrogens with zero attached hydrogens (tertiary/aromatic N) is 1. The van der Waals surface area contributed by atoms with Gasteiger partial charge >= 0.3 is 5.97 Å². The van der Waals surface area contributed by atoms with Crippen LogP contribution >= 0.6 is 22.9 Å². The number of anilines is 1. The van der Waals surface area contributed by atoms with Crippen molar-refractivity contribution in [3.63, 3.8) is 0 Å². The molecule has 184 valence electrons. The smallest absolute Gasteiger partial charge is 0.341 e. The van der Waals surface area contributed by atoms with E-state index in [4.69, 9.17) is 21.3 Å². The summed E-state index contributed by atoms with van der Waals surface area (Å²) in [5.74, 6) is -0.642. The molecule has 0 atom stereocenters. The highest BCUT2D eigenvalue weighted by molar-refractivity contribution is 7.17. The van der Waals surface area contributed by atoms with Crippen molar-refractivity contribution >= 4 is 50.7 Å². The zero-order valence-corrected chi connectivity index (χ0v) is 22.1. The largest absolute Gasteiger partial charge is 0.459 e. The van der Waals surface area contributed by atoms with Gasteiger partial charge in [0.1, 0.15) is 5.00 Å². The molecule has 0 fully saturated rings. The second-order valence-corrected chi connectivity index (χ2v) is 10.8. The molecule has 1 aliphatic rings. The Bertz CT molecular complexity index is 1470. The lowest BCUT2D eigenvalue weighted by Gasteiger charge is -2.16. The van der Waals surface area contributed by atoms with Gasteiger partial charge in [0.25, 0.3) is 5.91 Å². The molecule has 5 rings (SSSR count). The summed E-state index contributed by atoms with van der Waals surface area (Å²) in [6.07, 6.45) is 3.60. The molecule has 2 heterocycles. The summed E-state index contributed by atoms with van der Waals surface area (Å²) in [5.41, 5.74) is 5.16. The van der Waals surface area contributed by atoms with Gasteiger partial charge in [-0.25, -0.2) is 9.78 Å². The molecule has 0 saturated heterocycles. The van der Waals surface area contributed by atoms with Gasteiger partial charge in [0, 0.05) is 20.8 Å². The summed E-state index contributed by atoms with van der Waals surface area (Å²) >= 11 is 7.59. The van der Waals surface area contributed by atoms with Gasteiger partial charge in [0.15, 0.2) is 0 Å². The lowest BCUT2D eigenvalue weighted by molar-refractivity contribution is 0.0378. The number of nitrogens with one attached hydrogen (secondary N) is 1. The first-order valence-corrected chi connectivity index (χ1v) is 13.3. The third kappa shape index (κ3) is 4.63. The van der Waals surface area contributed by atoms with Crippen molar-refractivity contribution in [3.05, 3.63) is 80.7 Å². The van der Waals surface area contributed by atoms with Crippen LogP contribution in [0.5, 0.6) is 0 Å². The molecule has 0 spiro atoms. The van der Waals surface area contributed by atoms with E-state index in [0.717, 1.165) is 63.8 Å². The minimum absolute atomic E-state index is 0.242. The van der Waals surface area contributed by atoms with Crippen molar-refractivity contribution in [2.75, 3.05) is 5.32 Å². The number of carbonyl (C=O) groups excluding carboxylic acids is 2. The highest BCUT2D eigenvalue weighted by Crippen LogP contribution is 2.39. The average molecular weight is 519 g/mol. The first kappa shape index (κ1) is 24.5. The van der Waals surface area contributed by atoms with E-state index in [0.29, 0.717) is 21.2 Å². The van der Waals surface area contributed by atoms with Crippen LogP contribution in [0.1, 0.15) is 63.4 Å². The van der Waals surface area contributed by atoms with E-state index in [2.05, 4.69) is 5.32 Å². The first-order valence-electron chi connectivity index (χ1n) is 12.2. The topological polar surface area (TPSA) is 68.3 Å². The number of carbonyl (C=O) groups is 2. The highest BCUT2D eigenvalue weighted by Gasteiger charge is 2.29. The Labute approximate surface area is 219 Å². The highest BCUT2D eigenvalue weighted by atomic mass is 35.5. The van der Waals surface area contributed by atoms with Crippen molar-refractivity contribution in [1.82, 2.24) is 4.98 Å². The van der Waals surface area contributed by atoms with E-state index >= 15 is 0 Å². The maximum absolute atomic E-state index is 13.9. The van der Waals surface area contributed by atoms with Gasteiger partial charge in [0.2, 0.25) is 0 Å². The molecule has 5 nitrogen and oxygen atoms in total. The number of pyridine rings is 1. The van der Waals surface area contributed by atoms with Gasteiger partial charge in [-0.05, 0) is 75.8 Å². The summed E-state index contributed by atoms with van der Waals surface area (Å²) in [7, 11) is 0. The van der Waals surface area contributed by atoms with Crippen molar-refractivity contribution in [1.29, 1.82) is 0 Å². The summed E-state index contributed by atoms with van der Waals surface area (Å²) in [6.45, 7) is 5.57. The monoisotopic (exact) mass is 518 g/mol. The molecule has 7 heteroatoms. The Kier molecular flexibility index (Phi) is 6.82. The Hall–Kier alpha value is -3.22. The van der Waals surface area contributed by atoms with Gasteiger partial charge in [-0.2, -0.15) is 0 Å². The van der Waals surface area contributed by atoms with E-state index in [9.17, 15) is 9.59 Å². The fourth-order valence-corrected chi connectivity index (χ4v) is 6.20. The standard InChI is InChI=1S/C29H27ClN2O3S/c1-16(2)35-29(34)25-21-9-5-7-11-23(21)36-28(25)32-27(33)24-17(3)26(18-12-14-19(30)15-13-18)31-22-10-6-4-8-20(22)24/h4,6,8,10,12-16H,5,7,9,11H2,1-3H3,(H,32,33). The van der Waals surface area contributed by atoms with Crippen molar-refractivity contribution in [3.8, 4) is 11.3 Å². The number of thiophene rings is 1. The first-order chi connectivity index (χ1) is 17.3. The van der Waals surface area contributed by atoms with Crippen LogP contribution in [-0.2, 0) is 17.6 Å². The maximum Gasteiger partial charge on any atom is 0.341 e. The molecule has 2 aromatic carbocycles. The number of rotatable bonds is 5. The fourth-order valence-electron chi connectivity index (χ4n) is 4.80. The molecule has 0 bridgehead atoms. The minimum atomic E-state index is -0.377. The van der Waals surface area contributed by atoms with E-state index in [1.807, 2.05) is 69.3 Å². The molecule has 36 heavy (non-hydrogen) atoms. The lowest BCUT2D eigenvalue weighted by Crippen LogP contribution is -2.19. The number of hydrogen-bond acceptors (Lipinski definition) is 5. The van der Waals surface area contributed by atoms with Crippen LogP contribution < -0.4 is 5.32 Å². The summed E-state index contributed by atoms with van der Waals surface area (Å²) in [4.78, 5) is 33.0. The number of aromatic nitrogens is 1. The van der Waals surface area contributed by atoms with Gasteiger partial charge in [-0.1, -0.05) is 41.9 Å². The second kappa shape index (κ2) is 10.0. The normalized spacial score (nSPS) is 13.0. The molecule has 0 unspecified atom stereocenters. The average Bonchev–Trinajstić information content (AvgIpc) is 3.21. The molecule has 1 N–H and O–H groups in total. The molecular formula is C29H27ClN2O3S. The SMILES string of the molecule is Cc1c(-c2ccc(Cl)cc2)nc2ccccc2c1C(=O)Nc1sc2c(c1C(=O)OC(C)C)CCCC2. The van der Waals surface area contributed by atoms with E-state index in [1.165, 1.54) is 11.3 Å². The number of aryl methyl sites for hydroxylation is 1. The molecule has 0 saturated carbocycles. The Balaban J connectivity index is 1.61. The Morgan fingerprint density at radius 2 is 1.75 bits per heavy atom. The van der Waals surface area contributed by atoms with Crippen LogP contribution in [0.4, 0.5) is 5.00 Å². The number of esters is 1. The van der Waals surface area contributed by atoms with Crippen LogP contribution in [0.3, 0.4) is 0 Å². The van der Waals surface area contributed by atoms with Crippen molar-refractivity contribution in [2.24, 2.45) is 0 Å². The van der Waals surface area contributed by atoms with E-state index in [1.54, 1.807) is 0 Å². The summed E-state index contributed by atoms with van der Waals surface area (Å²) in [6, 6.07) is 15.1. The zero-order chi connectivity index (χ0) is 25.4. The quantitative estimate of drug-likeness (QED) is 0.276.